The van der Waals surface area contributed by atoms with Crippen molar-refractivity contribution < 1.29 is 28.4 Å². The molecule has 1 N–H and O–H groups in total. The number of nitrogens with zero attached hydrogens (tertiary/aromatic N) is 1. The van der Waals surface area contributed by atoms with Crippen molar-refractivity contribution in [3.63, 3.8) is 0 Å². The number of nitro groups is 1. The largest absolute Gasteiger partial charge is 0.497 e. The Morgan fingerprint density at radius 3 is 2.48 bits per heavy atom. The maximum absolute atomic E-state index is 12.8. The number of furan rings is 1. The van der Waals surface area contributed by atoms with Crippen molar-refractivity contribution in [1.29, 1.82) is 0 Å². The van der Waals surface area contributed by atoms with Crippen LogP contribution in [-0.4, -0.2) is 23.9 Å². The average molecular weight is 396 g/mol. The third-order valence-corrected chi connectivity index (χ3v) is 3.88. The lowest BCUT2D eigenvalue weighted by Crippen LogP contribution is -2.25. The molecule has 1 amide bonds. The topological polar surface area (TPSA) is 121 Å². The molecule has 1 atom stereocenters. The third-order valence-electron chi connectivity index (χ3n) is 3.88. The lowest BCUT2D eigenvalue weighted by molar-refractivity contribution is -0.402. The van der Waals surface area contributed by atoms with Gasteiger partial charge in [-0.1, -0.05) is 36.4 Å². The predicted molar refractivity (Wildman–Crippen MR) is 102 cm³/mol. The minimum absolute atomic E-state index is 0.383. The number of amides is 1. The first-order chi connectivity index (χ1) is 14.0. The van der Waals surface area contributed by atoms with E-state index in [2.05, 4.69) is 5.32 Å². The highest BCUT2D eigenvalue weighted by atomic mass is 16.7. The summed E-state index contributed by atoms with van der Waals surface area (Å²) < 4.78 is 15.3. The Morgan fingerprint density at radius 1 is 1.07 bits per heavy atom. The van der Waals surface area contributed by atoms with Gasteiger partial charge in [-0.05, 0) is 18.2 Å². The molecule has 0 aliphatic carbocycles. The zero-order valence-corrected chi connectivity index (χ0v) is 15.2. The first-order valence-corrected chi connectivity index (χ1v) is 8.43. The minimum Gasteiger partial charge on any atom is -0.497 e. The van der Waals surface area contributed by atoms with Crippen molar-refractivity contribution in [2.75, 3.05) is 12.4 Å². The summed E-state index contributed by atoms with van der Waals surface area (Å²) in [5, 5.41) is 13.4. The molecule has 0 saturated heterocycles. The van der Waals surface area contributed by atoms with E-state index in [9.17, 15) is 19.7 Å². The molecule has 0 fully saturated rings. The second kappa shape index (κ2) is 8.70. The van der Waals surface area contributed by atoms with Crippen molar-refractivity contribution in [1.82, 2.24) is 0 Å². The molecular weight excluding hydrogens is 380 g/mol. The highest BCUT2D eigenvalue weighted by Gasteiger charge is 2.28. The second-order valence-electron chi connectivity index (χ2n) is 5.81. The van der Waals surface area contributed by atoms with Crippen LogP contribution in [0.2, 0.25) is 0 Å². The van der Waals surface area contributed by atoms with Crippen molar-refractivity contribution in [3.8, 4) is 5.75 Å². The Kier molecular flexibility index (Phi) is 5.88. The quantitative estimate of drug-likeness (QED) is 0.367. The summed E-state index contributed by atoms with van der Waals surface area (Å²) in [6.45, 7) is 0. The van der Waals surface area contributed by atoms with Gasteiger partial charge in [0.2, 0.25) is 11.9 Å². The summed E-state index contributed by atoms with van der Waals surface area (Å²) in [5.41, 5.74) is 0.863. The lowest BCUT2D eigenvalue weighted by atomic mass is 10.1. The van der Waals surface area contributed by atoms with Gasteiger partial charge >= 0.3 is 11.9 Å². The maximum Gasteiger partial charge on any atom is 0.433 e. The first-order valence-electron chi connectivity index (χ1n) is 8.43. The molecule has 0 aliphatic rings. The van der Waals surface area contributed by atoms with Gasteiger partial charge in [0.15, 0.2) is 0 Å². The van der Waals surface area contributed by atoms with Crippen LogP contribution in [0.3, 0.4) is 0 Å². The van der Waals surface area contributed by atoms with E-state index >= 15 is 0 Å². The van der Waals surface area contributed by atoms with Crippen LogP contribution in [0.4, 0.5) is 11.6 Å². The van der Waals surface area contributed by atoms with Crippen LogP contribution >= 0.6 is 0 Å². The van der Waals surface area contributed by atoms with Crippen LogP contribution in [0.15, 0.2) is 71.1 Å². The fourth-order valence-corrected chi connectivity index (χ4v) is 2.51. The number of nitrogens with one attached hydrogen (secondary N) is 1. The number of ether oxygens (including phenoxy) is 2. The monoisotopic (exact) mass is 396 g/mol. The summed E-state index contributed by atoms with van der Waals surface area (Å²) in [4.78, 5) is 35.2. The zero-order valence-electron chi connectivity index (χ0n) is 15.2. The molecule has 0 bridgehead atoms. The van der Waals surface area contributed by atoms with Crippen LogP contribution in [0.1, 0.15) is 22.2 Å². The maximum atomic E-state index is 12.8. The molecule has 2 aromatic carbocycles. The van der Waals surface area contributed by atoms with Gasteiger partial charge in [0.25, 0.3) is 5.91 Å². The molecule has 148 valence electrons. The molecule has 0 spiro atoms. The number of anilines is 1. The van der Waals surface area contributed by atoms with Crippen LogP contribution in [0.5, 0.6) is 5.75 Å². The van der Waals surface area contributed by atoms with Gasteiger partial charge in [0.1, 0.15) is 10.7 Å². The van der Waals surface area contributed by atoms with E-state index in [1.807, 2.05) is 0 Å². The number of esters is 1. The number of hydrogen-bond acceptors (Lipinski definition) is 7. The van der Waals surface area contributed by atoms with E-state index in [0.717, 1.165) is 12.1 Å². The Morgan fingerprint density at radius 2 is 1.83 bits per heavy atom. The summed E-state index contributed by atoms with van der Waals surface area (Å²) in [6.07, 6.45) is -1.31. The van der Waals surface area contributed by atoms with Crippen molar-refractivity contribution in [3.05, 3.63) is 88.2 Å². The molecule has 3 aromatic rings. The molecule has 9 heteroatoms. The van der Waals surface area contributed by atoms with E-state index in [-0.39, 0.29) is 5.76 Å². The number of carbonyl (C=O) groups excluding carboxylic acids is 2. The van der Waals surface area contributed by atoms with Crippen molar-refractivity contribution in [2.24, 2.45) is 0 Å². The molecular formula is C20H16N2O7. The molecule has 3 rings (SSSR count). The molecule has 1 heterocycles. The summed E-state index contributed by atoms with van der Waals surface area (Å²) in [7, 11) is 1.50. The molecule has 29 heavy (non-hydrogen) atoms. The summed E-state index contributed by atoms with van der Waals surface area (Å²) in [6, 6.07) is 17.2. The standard InChI is InChI=1S/C20H16N2O7/c1-27-15-9-5-8-14(12-15)21-19(23)18(13-6-3-2-4-7-13)29-20(24)16-10-11-17(28-16)22(25)26/h2-12,18H,1H3,(H,21,23)/t18-/m0/s1. The van der Waals surface area contributed by atoms with E-state index in [1.54, 1.807) is 54.6 Å². The van der Waals surface area contributed by atoms with E-state index < -0.39 is 28.8 Å². The van der Waals surface area contributed by atoms with Gasteiger partial charge in [0.05, 0.1) is 13.2 Å². The Hall–Kier alpha value is -4.14. The van der Waals surface area contributed by atoms with Crippen molar-refractivity contribution >= 4 is 23.4 Å². The molecule has 0 aliphatic heterocycles. The normalized spacial score (nSPS) is 11.3. The van der Waals surface area contributed by atoms with Crippen LogP contribution in [0.25, 0.3) is 0 Å². The second-order valence-corrected chi connectivity index (χ2v) is 5.81. The molecule has 0 unspecified atom stereocenters. The Balaban J connectivity index is 1.83. The Bertz CT molecular complexity index is 1030. The highest BCUT2D eigenvalue weighted by Crippen LogP contribution is 2.24. The fourth-order valence-electron chi connectivity index (χ4n) is 2.51. The minimum atomic E-state index is -1.31. The molecule has 0 radical (unpaired) electrons. The predicted octanol–water partition coefficient (Wildman–Crippen LogP) is 3.73. The van der Waals surface area contributed by atoms with Gasteiger partial charge in [-0.15, -0.1) is 0 Å². The van der Waals surface area contributed by atoms with Gasteiger partial charge in [-0.25, -0.2) is 4.79 Å². The molecule has 9 nitrogen and oxygen atoms in total. The number of carbonyl (C=O) groups is 2. The average Bonchev–Trinajstić information content (AvgIpc) is 3.23. The van der Waals surface area contributed by atoms with E-state index in [0.29, 0.717) is 17.0 Å². The van der Waals surface area contributed by atoms with E-state index in [4.69, 9.17) is 13.9 Å². The van der Waals surface area contributed by atoms with Gasteiger partial charge in [-0.3, -0.25) is 14.9 Å². The smallest absolute Gasteiger partial charge is 0.433 e. The lowest BCUT2D eigenvalue weighted by Gasteiger charge is -2.17. The van der Waals surface area contributed by atoms with E-state index in [1.165, 1.54) is 7.11 Å². The Labute approximate surface area is 165 Å². The highest BCUT2D eigenvalue weighted by molar-refractivity contribution is 5.97. The number of benzene rings is 2. The summed E-state index contributed by atoms with van der Waals surface area (Å²) >= 11 is 0. The van der Waals surface area contributed by atoms with Crippen molar-refractivity contribution in [2.45, 2.75) is 6.10 Å². The van der Waals surface area contributed by atoms with Gasteiger partial charge in [0, 0.05) is 17.3 Å². The fraction of sp³-hybridized carbons (Fsp3) is 0.100. The number of methoxy groups -OCH3 is 1. The first kappa shape index (κ1) is 19.6. The van der Waals surface area contributed by atoms with Gasteiger partial charge in [-0.2, -0.15) is 0 Å². The van der Waals surface area contributed by atoms with Gasteiger partial charge < -0.3 is 19.2 Å². The SMILES string of the molecule is COc1cccc(NC(=O)[C@@H](OC(=O)c2ccc([N+](=O)[O-])o2)c2ccccc2)c1. The molecule has 1 aromatic heterocycles. The van der Waals surface area contributed by atoms with Crippen LogP contribution < -0.4 is 10.1 Å². The summed E-state index contributed by atoms with van der Waals surface area (Å²) in [5.74, 6) is -2.06. The zero-order chi connectivity index (χ0) is 20.8. The molecule has 0 saturated carbocycles. The third kappa shape index (κ3) is 4.78. The number of hydrogen-bond donors (Lipinski definition) is 1. The van der Waals surface area contributed by atoms with Crippen LogP contribution in [-0.2, 0) is 9.53 Å². The van der Waals surface area contributed by atoms with Crippen LogP contribution in [0, 0.1) is 10.1 Å². The number of rotatable bonds is 7.